The summed E-state index contributed by atoms with van der Waals surface area (Å²) in [6.07, 6.45) is 15.1. The summed E-state index contributed by atoms with van der Waals surface area (Å²) in [5.41, 5.74) is -1.37. The molecule has 1 aliphatic heterocycles. The molecule has 0 aliphatic carbocycles. The van der Waals surface area contributed by atoms with Gasteiger partial charge in [0.05, 0.1) is 6.61 Å². The zero-order valence-corrected chi connectivity index (χ0v) is 31.8. The summed E-state index contributed by atoms with van der Waals surface area (Å²) in [6.45, 7) is 6.02. The summed E-state index contributed by atoms with van der Waals surface area (Å²) >= 11 is 0. The number of hydrogen-bond donors (Lipinski definition) is 4. The molecule has 292 valence electrons. The molecule has 15 heteroatoms. The minimum Gasteiger partial charge on any atom is -0.452 e. The molecule has 0 bridgehead atoms. The summed E-state index contributed by atoms with van der Waals surface area (Å²) in [4.78, 5) is 60.7. The van der Waals surface area contributed by atoms with E-state index in [9.17, 15) is 33.7 Å². The van der Waals surface area contributed by atoms with Gasteiger partial charge in [-0.3, -0.25) is 23.9 Å². The van der Waals surface area contributed by atoms with Crippen LogP contribution in [0.1, 0.15) is 143 Å². The van der Waals surface area contributed by atoms with Crippen molar-refractivity contribution >= 4 is 20.1 Å². The summed E-state index contributed by atoms with van der Waals surface area (Å²) in [5.74, 6) is -0.796. The molecule has 1 aliphatic rings. The second kappa shape index (κ2) is 26.3. The number of hydrogen-bond acceptors (Lipinski definition) is 10. The fraction of sp³-hybridized carbons (Fsp3) is 0.833. The first-order chi connectivity index (χ1) is 24.6. The van der Waals surface area contributed by atoms with E-state index in [4.69, 9.17) is 18.7 Å². The molecule has 51 heavy (non-hydrogen) atoms. The summed E-state index contributed by atoms with van der Waals surface area (Å²) in [5, 5.41) is 12.6. The second-order valence-corrected chi connectivity index (χ2v) is 14.4. The topological polar surface area (TPSA) is 195 Å². The number of aromatic nitrogens is 2. The third-order valence-electron chi connectivity index (χ3n) is 9.09. The number of unbranched alkanes of at least 4 members (excludes halogenated alkanes) is 15. The Bertz CT molecular complexity index is 1260. The van der Waals surface area contributed by atoms with Crippen molar-refractivity contribution < 1.29 is 42.9 Å². The van der Waals surface area contributed by atoms with Crippen LogP contribution in [0.5, 0.6) is 0 Å². The van der Waals surface area contributed by atoms with Crippen LogP contribution in [0.3, 0.4) is 0 Å². The second-order valence-electron chi connectivity index (χ2n) is 13.8. The molecule has 2 rings (SSSR count). The van der Waals surface area contributed by atoms with Crippen molar-refractivity contribution in [1.82, 2.24) is 14.9 Å². The van der Waals surface area contributed by atoms with Gasteiger partial charge in [0.25, 0.3) is 11.5 Å². The molecule has 1 amide bonds. The number of nitrogens with one attached hydrogen (secondary N) is 2. The van der Waals surface area contributed by atoms with Crippen LogP contribution in [0.2, 0.25) is 0 Å². The Morgan fingerprint density at radius 2 is 1.51 bits per heavy atom. The number of amides is 1. The average molecular weight is 745 g/mol. The van der Waals surface area contributed by atoms with E-state index in [1.165, 1.54) is 70.4 Å². The van der Waals surface area contributed by atoms with Crippen LogP contribution in [0.15, 0.2) is 21.9 Å². The molecule has 0 saturated carbocycles. The van der Waals surface area contributed by atoms with E-state index in [0.717, 1.165) is 42.7 Å². The fourth-order valence-corrected chi connectivity index (χ4v) is 6.67. The Balaban J connectivity index is 1.63. The Hall–Kier alpha value is -2.48. The van der Waals surface area contributed by atoms with Crippen LogP contribution in [0.25, 0.3) is 0 Å². The molecule has 6 atom stereocenters. The van der Waals surface area contributed by atoms with Crippen molar-refractivity contribution in [3.8, 4) is 0 Å². The van der Waals surface area contributed by atoms with Gasteiger partial charge in [-0.2, -0.15) is 0 Å². The number of H-pyrrole nitrogens is 1. The van der Waals surface area contributed by atoms with Crippen molar-refractivity contribution in [2.75, 3.05) is 19.8 Å². The lowest BCUT2D eigenvalue weighted by atomic mass is 10.0. The first kappa shape index (κ1) is 44.7. The summed E-state index contributed by atoms with van der Waals surface area (Å²) < 4.78 is 34.9. The molecule has 0 spiro atoms. The number of aromatic amines is 1. The van der Waals surface area contributed by atoms with Crippen LogP contribution >= 0.6 is 8.25 Å². The van der Waals surface area contributed by atoms with Gasteiger partial charge in [-0.25, -0.2) is 4.79 Å². The maximum Gasteiger partial charge on any atom is 0.695 e. The number of esters is 1. The number of aliphatic hydroxyl groups is 1. The van der Waals surface area contributed by atoms with E-state index in [1.54, 1.807) is 0 Å². The molecule has 1 fully saturated rings. The van der Waals surface area contributed by atoms with Gasteiger partial charge in [0.15, 0.2) is 18.4 Å². The van der Waals surface area contributed by atoms with Crippen LogP contribution in [0, 0.1) is 5.92 Å². The third-order valence-corrected chi connectivity index (χ3v) is 9.51. The van der Waals surface area contributed by atoms with Gasteiger partial charge in [-0.15, -0.1) is 9.42 Å². The molecule has 1 aromatic rings. The van der Waals surface area contributed by atoms with E-state index < -0.39 is 56.8 Å². The van der Waals surface area contributed by atoms with E-state index in [-0.39, 0.29) is 24.4 Å². The Labute approximate surface area is 303 Å². The SMILES string of the molecule is CCCCCCCCCCCCCCCC(=O)OC(C(=O)NCCCCCCOC1C(O[P+](=O)O)C(CO)OC1n1ccc(=O)[nH]c1=O)C(C)C. The van der Waals surface area contributed by atoms with Crippen LogP contribution in [-0.2, 0) is 32.9 Å². The third kappa shape index (κ3) is 17.7. The Morgan fingerprint density at radius 1 is 0.922 bits per heavy atom. The van der Waals surface area contributed by atoms with E-state index in [2.05, 4.69) is 17.2 Å². The van der Waals surface area contributed by atoms with Crippen molar-refractivity contribution in [2.45, 2.75) is 167 Å². The van der Waals surface area contributed by atoms with Gasteiger partial charge in [-0.1, -0.05) is 111 Å². The first-order valence-electron chi connectivity index (χ1n) is 19.1. The Kier molecular flexibility index (Phi) is 23.0. The van der Waals surface area contributed by atoms with Gasteiger partial charge >= 0.3 is 19.9 Å². The van der Waals surface area contributed by atoms with Crippen molar-refractivity contribution in [2.24, 2.45) is 5.92 Å². The average Bonchev–Trinajstić information content (AvgIpc) is 3.42. The lowest BCUT2D eigenvalue weighted by Crippen LogP contribution is -2.41. The van der Waals surface area contributed by atoms with Crippen molar-refractivity contribution in [3.63, 3.8) is 0 Å². The maximum atomic E-state index is 12.8. The number of nitrogens with zero attached hydrogens (tertiary/aromatic N) is 1. The first-order valence-corrected chi connectivity index (χ1v) is 20.2. The predicted molar refractivity (Wildman–Crippen MR) is 193 cm³/mol. The van der Waals surface area contributed by atoms with Crippen LogP contribution in [0.4, 0.5) is 0 Å². The standard InChI is InChI=1S/C36H62N3O11P/c1-4-5-6-7-8-9-10-11-12-13-14-15-18-21-30(42)49-31(27(2)3)34(43)37-23-19-16-17-20-25-47-33-32(50-51(45)46)28(26-40)48-35(33)39-24-22-29(41)38-36(39)44/h22,24,27-28,31-33,35,40H,4-21,23,25-26H2,1-3H3,(H2-,37,38,41,43,44,45,46)/p+1. The molecule has 1 saturated heterocycles. The number of carbonyl (C=O) groups is 2. The zero-order chi connectivity index (χ0) is 37.4. The van der Waals surface area contributed by atoms with Crippen molar-refractivity contribution in [3.05, 3.63) is 33.1 Å². The summed E-state index contributed by atoms with van der Waals surface area (Å²) in [7, 11) is -3.06. The fourth-order valence-electron chi connectivity index (χ4n) is 6.21. The van der Waals surface area contributed by atoms with E-state index >= 15 is 0 Å². The number of rotatable bonds is 29. The lowest BCUT2D eigenvalue weighted by Gasteiger charge is -2.22. The highest BCUT2D eigenvalue weighted by Gasteiger charge is 2.51. The molecule has 0 aromatic carbocycles. The highest BCUT2D eigenvalue weighted by molar-refractivity contribution is 7.32. The highest BCUT2D eigenvalue weighted by atomic mass is 31.1. The molecule has 1 aromatic heterocycles. The number of ether oxygens (including phenoxy) is 3. The number of aliphatic hydroxyl groups excluding tert-OH is 1. The highest BCUT2D eigenvalue weighted by Crippen LogP contribution is 2.37. The smallest absolute Gasteiger partial charge is 0.452 e. The predicted octanol–water partition coefficient (Wildman–Crippen LogP) is 5.57. The molecule has 2 heterocycles. The zero-order valence-electron chi connectivity index (χ0n) is 30.9. The van der Waals surface area contributed by atoms with E-state index in [0.29, 0.717) is 25.8 Å². The largest absolute Gasteiger partial charge is 0.695 e. The molecule has 4 N–H and O–H groups in total. The van der Waals surface area contributed by atoms with Gasteiger partial charge in [0, 0.05) is 36.4 Å². The minimum absolute atomic E-state index is 0.157. The number of carbonyl (C=O) groups excluding carboxylic acids is 2. The molecular weight excluding hydrogens is 681 g/mol. The van der Waals surface area contributed by atoms with Gasteiger partial charge in [-0.05, 0) is 25.2 Å². The van der Waals surface area contributed by atoms with Crippen LogP contribution < -0.4 is 16.6 Å². The minimum atomic E-state index is -3.06. The van der Waals surface area contributed by atoms with Gasteiger partial charge < -0.3 is 24.6 Å². The molecule has 0 radical (unpaired) electrons. The van der Waals surface area contributed by atoms with Crippen LogP contribution in [-0.4, -0.2) is 75.6 Å². The normalized spacial score (nSPS) is 19.7. The molecule has 6 unspecified atom stereocenters. The van der Waals surface area contributed by atoms with Crippen molar-refractivity contribution in [1.29, 1.82) is 0 Å². The monoisotopic (exact) mass is 744 g/mol. The Morgan fingerprint density at radius 3 is 2.08 bits per heavy atom. The van der Waals surface area contributed by atoms with E-state index in [1.807, 2.05) is 13.8 Å². The van der Waals surface area contributed by atoms with Gasteiger partial charge in [0.1, 0.15) is 12.2 Å². The van der Waals surface area contributed by atoms with Gasteiger partial charge in [0.2, 0.25) is 0 Å². The lowest BCUT2D eigenvalue weighted by molar-refractivity contribution is -0.158. The molecule has 14 nitrogen and oxygen atoms in total. The quantitative estimate of drug-likeness (QED) is 0.0455. The summed E-state index contributed by atoms with van der Waals surface area (Å²) in [6, 6.07) is 1.13. The molecular formula is C36H63N3O11P+. The maximum absolute atomic E-state index is 12.8.